The molecule has 2 aromatic carbocycles. The van der Waals surface area contributed by atoms with Crippen molar-refractivity contribution < 1.29 is 33.0 Å². The Morgan fingerprint density at radius 1 is 0.985 bits per heavy atom. The van der Waals surface area contributed by atoms with Crippen LogP contribution in [0.2, 0.25) is 0 Å². The summed E-state index contributed by atoms with van der Waals surface area (Å²) in [6.07, 6.45) is 9.35. The molecule has 7 heterocycles. The van der Waals surface area contributed by atoms with Gasteiger partial charge in [-0.1, -0.05) is 19.9 Å². The number of methoxy groups -OCH3 is 1. The van der Waals surface area contributed by atoms with E-state index >= 15 is 4.39 Å². The Balaban J connectivity index is 0.948. The second-order valence-electron chi connectivity index (χ2n) is 19.4. The van der Waals surface area contributed by atoms with Gasteiger partial charge in [0, 0.05) is 47.2 Å². The third-order valence-electron chi connectivity index (χ3n) is 13.3. The number of aliphatic imine (C=N–C) groups is 1. The topological polar surface area (TPSA) is 143 Å². The summed E-state index contributed by atoms with van der Waals surface area (Å²) < 4.78 is 36.5. The molecule has 0 radical (unpaired) electrons. The predicted molar refractivity (Wildman–Crippen MR) is 248 cm³/mol. The van der Waals surface area contributed by atoms with Crippen LogP contribution in [0.1, 0.15) is 113 Å². The average Bonchev–Trinajstić information content (AvgIpc) is 3.99. The standard InChI is InChI=1S/C50H56FN7O6S/c1-27(2)44(55-48(60)62-6)46(59)56-17-7-9-38(56)35-22-32(25-52-35)30-21-34(51)43-40-23-31-20-29(36-26-53-45(54-36)39-10-8-18-57(39)49(61)64-50(3,4)5)13-15-37(31)58(40)47(63-41(43)24-30)42-16-14-33(65-42)19-28-11-12-28/h13-16,20-21,23-28,38-39,44,47H,7-12,17-19,22H2,1-6H3,(H,53,54)(H,55,60)/t38?,39?,44-,47?/m0/s1. The number of amides is 3. The number of alkyl carbamates (subject to hydrolysis) is 1. The Bertz CT molecular complexity index is 2760. The van der Waals surface area contributed by atoms with Gasteiger partial charge in [0.05, 0.1) is 52.7 Å². The molecule has 0 spiro atoms. The molecule has 2 saturated heterocycles. The van der Waals surface area contributed by atoms with Crippen molar-refractivity contribution in [3.05, 3.63) is 87.9 Å². The number of aromatic amines is 1. The van der Waals surface area contributed by atoms with E-state index in [9.17, 15) is 14.4 Å². The minimum atomic E-state index is -0.730. The monoisotopic (exact) mass is 901 g/mol. The van der Waals surface area contributed by atoms with Gasteiger partial charge < -0.3 is 29.4 Å². The van der Waals surface area contributed by atoms with Gasteiger partial charge in [0.1, 0.15) is 29.0 Å². The smallest absolute Gasteiger partial charge is 0.410 e. The van der Waals surface area contributed by atoms with Gasteiger partial charge in [-0.05, 0) is 131 Å². The zero-order valence-corrected chi connectivity index (χ0v) is 38.6. The van der Waals surface area contributed by atoms with Crippen LogP contribution in [0.4, 0.5) is 14.0 Å². The quantitative estimate of drug-likeness (QED) is 0.142. The lowest BCUT2D eigenvalue weighted by Gasteiger charge is -2.31. The number of allylic oxidation sites excluding steroid dienone is 1. The number of likely N-dealkylation sites (tertiary alicyclic amines) is 2. The highest BCUT2D eigenvalue weighted by atomic mass is 32.1. The number of ether oxygens (including phenoxy) is 3. The van der Waals surface area contributed by atoms with E-state index in [4.69, 9.17) is 24.2 Å². The zero-order chi connectivity index (χ0) is 45.3. The minimum Gasteiger partial charge on any atom is -0.464 e. The highest BCUT2D eigenvalue weighted by Crippen LogP contribution is 2.49. The van der Waals surface area contributed by atoms with Crippen LogP contribution >= 0.6 is 11.3 Å². The van der Waals surface area contributed by atoms with Crippen molar-refractivity contribution >= 4 is 51.6 Å². The molecular formula is C50H56FN7O6S. The van der Waals surface area contributed by atoms with Crippen molar-refractivity contribution in [3.63, 3.8) is 0 Å². The van der Waals surface area contributed by atoms with E-state index in [0.717, 1.165) is 87.9 Å². The number of H-pyrrole nitrogens is 1. The fourth-order valence-corrected chi connectivity index (χ4v) is 11.0. The van der Waals surface area contributed by atoms with E-state index in [1.807, 2.05) is 63.9 Å². The molecule has 4 aliphatic heterocycles. The number of nitrogens with one attached hydrogen (secondary N) is 2. The summed E-state index contributed by atoms with van der Waals surface area (Å²) in [6, 6.07) is 15.0. The number of hydrogen-bond acceptors (Lipinski definition) is 9. The van der Waals surface area contributed by atoms with E-state index < -0.39 is 29.8 Å². The SMILES string of the molecule is COC(=O)N[C@H](C(=O)N1CCCC1C1=NC=C(c2cc(F)c3c(c2)OC(c2ccc(CC4CC4)s2)n2c-3cc3cc(-c4cnc(C5CCCN5C(=O)OC(C)(C)C)[nH]4)ccc32)C1)C(C)C. The summed E-state index contributed by atoms with van der Waals surface area (Å²) in [7, 11) is 1.29. The van der Waals surface area contributed by atoms with Gasteiger partial charge in [-0.3, -0.25) is 19.3 Å². The van der Waals surface area contributed by atoms with Crippen LogP contribution in [0.5, 0.6) is 5.75 Å². The van der Waals surface area contributed by atoms with Gasteiger partial charge in [-0.15, -0.1) is 11.3 Å². The van der Waals surface area contributed by atoms with Crippen molar-refractivity contribution in [3.8, 4) is 28.3 Å². The Morgan fingerprint density at radius 3 is 2.52 bits per heavy atom. The number of fused-ring (bicyclic) bond motifs is 5. The maximum absolute atomic E-state index is 16.9. The number of aromatic nitrogens is 3. The maximum atomic E-state index is 16.9. The number of carbonyl (C=O) groups is 3. The first-order valence-electron chi connectivity index (χ1n) is 22.9. The van der Waals surface area contributed by atoms with Crippen molar-refractivity contribution in [2.75, 3.05) is 20.2 Å². The Kier molecular flexibility index (Phi) is 11.1. The number of carbonyl (C=O) groups excluding carboxylic acids is 3. The molecule has 3 aromatic heterocycles. The van der Waals surface area contributed by atoms with Gasteiger partial charge in [0.2, 0.25) is 12.1 Å². The van der Waals surface area contributed by atoms with E-state index in [2.05, 4.69) is 39.1 Å². The molecule has 13 nitrogen and oxygen atoms in total. The third kappa shape index (κ3) is 8.32. The summed E-state index contributed by atoms with van der Waals surface area (Å²) in [5.74, 6) is 1.21. The first kappa shape index (κ1) is 43.0. The second kappa shape index (κ2) is 16.8. The fraction of sp³-hybridized carbons (Fsp3) is 0.460. The van der Waals surface area contributed by atoms with Gasteiger partial charge in [-0.25, -0.2) is 19.0 Å². The summed E-state index contributed by atoms with van der Waals surface area (Å²) in [4.78, 5) is 58.1. The summed E-state index contributed by atoms with van der Waals surface area (Å²) in [5.41, 5.74) is 5.56. The van der Waals surface area contributed by atoms with Gasteiger partial charge in [0.25, 0.3) is 0 Å². The molecule has 15 heteroatoms. The van der Waals surface area contributed by atoms with Crippen LogP contribution in [0.3, 0.4) is 0 Å². The van der Waals surface area contributed by atoms with Crippen LogP contribution in [0.25, 0.3) is 39.0 Å². The first-order valence-corrected chi connectivity index (χ1v) is 23.7. The lowest BCUT2D eigenvalue weighted by atomic mass is 9.95. The Hall–Kier alpha value is -5.96. The number of nitrogens with zero attached hydrogens (tertiary/aromatic N) is 5. The predicted octanol–water partition coefficient (Wildman–Crippen LogP) is 10.4. The lowest BCUT2D eigenvalue weighted by molar-refractivity contribution is -0.134. The van der Waals surface area contributed by atoms with Gasteiger partial charge in [0.15, 0.2) is 0 Å². The molecule has 5 aromatic rings. The second-order valence-corrected chi connectivity index (χ2v) is 20.6. The number of imidazole rings is 1. The lowest BCUT2D eigenvalue weighted by Crippen LogP contribution is -2.53. The molecule has 1 aliphatic carbocycles. The van der Waals surface area contributed by atoms with E-state index in [1.165, 1.54) is 24.8 Å². The molecule has 2 N–H and O–H groups in total. The molecular weight excluding hydrogens is 846 g/mol. The van der Waals surface area contributed by atoms with Crippen molar-refractivity contribution in [2.45, 2.75) is 116 Å². The number of halogens is 1. The van der Waals surface area contributed by atoms with Crippen LogP contribution in [-0.4, -0.2) is 86.0 Å². The number of hydrogen-bond donors (Lipinski definition) is 2. The van der Waals surface area contributed by atoms with Crippen molar-refractivity contribution in [2.24, 2.45) is 16.8 Å². The average molecular weight is 902 g/mol. The summed E-state index contributed by atoms with van der Waals surface area (Å²) in [5, 5.41) is 3.65. The molecule has 340 valence electrons. The number of rotatable bonds is 10. The third-order valence-corrected chi connectivity index (χ3v) is 14.4. The first-order chi connectivity index (χ1) is 31.2. The molecule has 10 rings (SSSR count). The van der Waals surface area contributed by atoms with Crippen molar-refractivity contribution in [1.29, 1.82) is 0 Å². The van der Waals surface area contributed by atoms with E-state index in [1.54, 1.807) is 28.5 Å². The van der Waals surface area contributed by atoms with Crippen molar-refractivity contribution in [1.82, 2.24) is 29.7 Å². The number of thiophene rings is 1. The van der Waals surface area contributed by atoms with Crippen LogP contribution < -0.4 is 10.1 Å². The molecule has 65 heavy (non-hydrogen) atoms. The van der Waals surface area contributed by atoms with Gasteiger partial charge in [-0.2, -0.15) is 0 Å². The highest BCUT2D eigenvalue weighted by Gasteiger charge is 2.40. The molecule has 0 bridgehead atoms. The largest absolute Gasteiger partial charge is 0.464 e. The molecule has 3 unspecified atom stereocenters. The minimum absolute atomic E-state index is 0.143. The van der Waals surface area contributed by atoms with Gasteiger partial charge >= 0.3 is 12.2 Å². The Morgan fingerprint density at radius 2 is 1.77 bits per heavy atom. The molecule has 3 amide bonds. The normalized spacial score (nSPS) is 21.0. The van der Waals surface area contributed by atoms with Crippen LogP contribution in [0.15, 0.2) is 65.9 Å². The van der Waals surface area contributed by atoms with Crippen LogP contribution in [-0.2, 0) is 20.7 Å². The number of benzene rings is 2. The highest BCUT2D eigenvalue weighted by molar-refractivity contribution is 7.12. The molecule has 1 saturated carbocycles. The Labute approximate surface area is 382 Å². The summed E-state index contributed by atoms with van der Waals surface area (Å²) in [6.45, 7) is 10.6. The zero-order valence-electron chi connectivity index (χ0n) is 37.8. The summed E-state index contributed by atoms with van der Waals surface area (Å²) >= 11 is 1.75. The molecule has 5 aliphatic rings. The molecule has 4 atom stereocenters. The molecule has 3 fully saturated rings. The maximum Gasteiger partial charge on any atom is 0.410 e. The van der Waals surface area contributed by atoms with E-state index in [-0.39, 0.29) is 30.0 Å². The fourth-order valence-electron chi connectivity index (χ4n) is 9.88. The van der Waals surface area contributed by atoms with E-state index in [0.29, 0.717) is 36.4 Å². The van der Waals surface area contributed by atoms with Crippen LogP contribution in [0, 0.1) is 17.7 Å².